The SMILES string of the molecule is COCCc1ccc(C(O)c2ccc(Cl)c(Cl)c2)cc1. The molecule has 0 amide bonds. The average molecular weight is 311 g/mol. The summed E-state index contributed by atoms with van der Waals surface area (Å²) in [5, 5.41) is 11.3. The highest BCUT2D eigenvalue weighted by Gasteiger charge is 2.11. The van der Waals surface area contributed by atoms with Crippen molar-refractivity contribution in [1.82, 2.24) is 0 Å². The molecule has 0 heterocycles. The fraction of sp³-hybridized carbons (Fsp3) is 0.250. The van der Waals surface area contributed by atoms with E-state index in [4.69, 9.17) is 27.9 Å². The second kappa shape index (κ2) is 7.09. The summed E-state index contributed by atoms with van der Waals surface area (Å²) in [6.07, 6.45) is 0.154. The van der Waals surface area contributed by atoms with E-state index < -0.39 is 6.10 Å². The lowest BCUT2D eigenvalue weighted by Crippen LogP contribution is -2.00. The van der Waals surface area contributed by atoms with Crippen molar-refractivity contribution < 1.29 is 9.84 Å². The molecule has 0 aliphatic rings. The summed E-state index contributed by atoms with van der Waals surface area (Å²) in [5.74, 6) is 0. The maximum atomic E-state index is 10.3. The molecule has 1 atom stereocenters. The van der Waals surface area contributed by atoms with Gasteiger partial charge in [-0.15, -0.1) is 0 Å². The molecular weight excluding hydrogens is 295 g/mol. The topological polar surface area (TPSA) is 29.5 Å². The van der Waals surface area contributed by atoms with Crippen LogP contribution in [0.15, 0.2) is 42.5 Å². The van der Waals surface area contributed by atoms with Crippen molar-refractivity contribution in [1.29, 1.82) is 0 Å². The van der Waals surface area contributed by atoms with E-state index in [2.05, 4.69) is 0 Å². The molecule has 0 fully saturated rings. The average Bonchev–Trinajstić information content (AvgIpc) is 2.48. The van der Waals surface area contributed by atoms with Crippen LogP contribution in [0.3, 0.4) is 0 Å². The molecule has 0 bridgehead atoms. The van der Waals surface area contributed by atoms with Crippen molar-refractivity contribution in [3.05, 3.63) is 69.2 Å². The highest BCUT2D eigenvalue weighted by molar-refractivity contribution is 6.42. The summed E-state index contributed by atoms with van der Waals surface area (Å²) >= 11 is 11.8. The van der Waals surface area contributed by atoms with Crippen LogP contribution in [0.2, 0.25) is 10.0 Å². The number of rotatable bonds is 5. The maximum absolute atomic E-state index is 10.3. The van der Waals surface area contributed by atoms with Gasteiger partial charge in [0.15, 0.2) is 0 Å². The molecular formula is C16H16Cl2O2. The largest absolute Gasteiger partial charge is 0.384 e. The molecule has 0 aliphatic carbocycles. The van der Waals surface area contributed by atoms with E-state index in [1.807, 2.05) is 24.3 Å². The van der Waals surface area contributed by atoms with Crippen LogP contribution in [-0.2, 0) is 11.2 Å². The Hall–Kier alpha value is -1.06. The van der Waals surface area contributed by atoms with Crippen LogP contribution in [0.4, 0.5) is 0 Å². The molecule has 2 nitrogen and oxygen atoms in total. The van der Waals surface area contributed by atoms with Crippen LogP contribution in [0.25, 0.3) is 0 Å². The quantitative estimate of drug-likeness (QED) is 0.894. The lowest BCUT2D eigenvalue weighted by Gasteiger charge is -2.13. The highest BCUT2D eigenvalue weighted by atomic mass is 35.5. The number of aliphatic hydroxyl groups is 1. The zero-order valence-electron chi connectivity index (χ0n) is 11.1. The number of halogens is 2. The zero-order valence-corrected chi connectivity index (χ0v) is 12.7. The Labute approximate surface area is 128 Å². The van der Waals surface area contributed by atoms with Gasteiger partial charge in [-0.3, -0.25) is 0 Å². The van der Waals surface area contributed by atoms with Gasteiger partial charge in [-0.05, 0) is 35.2 Å². The zero-order chi connectivity index (χ0) is 14.5. The molecule has 0 saturated carbocycles. The van der Waals surface area contributed by atoms with Gasteiger partial charge in [-0.1, -0.05) is 53.5 Å². The third-order valence-corrected chi connectivity index (χ3v) is 3.89. The van der Waals surface area contributed by atoms with E-state index in [1.165, 1.54) is 5.56 Å². The van der Waals surface area contributed by atoms with E-state index in [1.54, 1.807) is 25.3 Å². The molecule has 20 heavy (non-hydrogen) atoms. The molecule has 2 rings (SSSR count). The van der Waals surface area contributed by atoms with Gasteiger partial charge in [0, 0.05) is 7.11 Å². The first-order chi connectivity index (χ1) is 9.61. The number of hydrogen-bond acceptors (Lipinski definition) is 2. The molecule has 4 heteroatoms. The van der Waals surface area contributed by atoms with Gasteiger partial charge in [0.2, 0.25) is 0 Å². The second-order valence-corrected chi connectivity index (χ2v) is 5.37. The van der Waals surface area contributed by atoms with E-state index in [0.29, 0.717) is 16.7 Å². The van der Waals surface area contributed by atoms with Crippen molar-refractivity contribution in [2.24, 2.45) is 0 Å². The van der Waals surface area contributed by atoms with Crippen LogP contribution in [-0.4, -0.2) is 18.8 Å². The Balaban J connectivity index is 2.15. The Kier molecular flexibility index (Phi) is 5.44. The Morgan fingerprint density at radius 2 is 1.65 bits per heavy atom. The number of methoxy groups -OCH3 is 1. The van der Waals surface area contributed by atoms with Gasteiger partial charge in [0.05, 0.1) is 16.7 Å². The normalized spacial score (nSPS) is 12.4. The fourth-order valence-corrected chi connectivity index (χ4v) is 2.27. The lowest BCUT2D eigenvalue weighted by molar-refractivity contribution is 0.202. The van der Waals surface area contributed by atoms with Crippen LogP contribution in [0, 0.1) is 0 Å². The predicted octanol–water partition coefficient (Wildman–Crippen LogP) is 4.26. The number of hydrogen-bond donors (Lipinski definition) is 1. The molecule has 1 unspecified atom stereocenters. The molecule has 0 radical (unpaired) electrons. The number of ether oxygens (including phenoxy) is 1. The molecule has 2 aromatic carbocycles. The molecule has 2 aromatic rings. The minimum Gasteiger partial charge on any atom is -0.384 e. The smallest absolute Gasteiger partial charge is 0.104 e. The standard InChI is InChI=1S/C16H16Cl2O2/c1-20-9-8-11-2-4-12(5-3-11)16(19)13-6-7-14(17)15(18)10-13/h2-7,10,16,19H,8-9H2,1H3. The van der Waals surface area contributed by atoms with Gasteiger partial charge in [0.25, 0.3) is 0 Å². The van der Waals surface area contributed by atoms with Gasteiger partial charge >= 0.3 is 0 Å². The summed E-state index contributed by atoms with van der Waals surface area (Å²) in [5.41, 5.74) is 2.73. The van der Waals surface area contributed by atoms with Crippen LogP contribution in [0.1, 0.15) is 22.8 Å². The monoisotopic (exact) mass is 310 g/mol. The Bertz CT molecular complexity index is 567. The van der Waals surface area contributed by atoms with E-state index in [9.17, 15) is 5.11 Å². The second-order valence-electron chi connectivity index (χ2n) is 4.56. The molecule has 0 aromatic heterocycles. The molecule has 0 aliphatic heterocycles. The van der Waals surface area contributed by atoms with Gasteiger partial charge in [0.1, 0.15) is 6.10 Å². The fourth-order valence-electron chi connectivity index (χ4n) is 1.96. The minimum atomic E-state index is -0.707. The van der Waals surface area contributed by atoms with Crippen molar-refractivity contribution in [3.8, 4) is 0 Å². The molecule has 0 spiro atoms. The summed E-state index contributed by atoms with van der Waals surface area (Å²) < 4.78 is 5.04. The Morgan fingerprint density at radius 1 is 1.00 bits per heavy atom. The molecule has 106 valence electrons. The maximum Gasteiger partial charge on any atom is 0.104 e. The minimum absolute atomic E-state index is 0.444. The van der Waals surface area contributed by atoms with Gasteiger partial charge < -0.3 is 9.84 Å². The number of benzene rings is 2. The van der Waals surface area contributed by atoms with Crippen LogP contribution >= 0.6 is 23.2 Å². The van der Waals surface area contributed by atoms with Crippen LogP contribution in [0.5, 0.6) is 0 Å². The van der Waals surface area contributed by atoms with E-state index in [-0.39, 0.29) is 0 Å². The highest BCUT2D eigenvalue weighted by Crippen LogP contribution is 2.28. The van der Waals surface area contributed by atoms with Crippen molar-refractivity contribution in [2.75, 3.05) is 13.7 Å². The summed E-state index contributed by atoms with van der Waals surface area (Å²) in [4.78, 5) is 0. The first-order valence-corrected chi connectivity index (χ1v) is 7.08. The van der Waals surface area contributed by atoms with Crippen molar-refractivity contribution in [2.45, 2.75) is 12.5 Å². The first-order valence-electron chi connectivity index (χ1n) is 6.32. The third kappa shape index (κ3) is 3.74. The summed E-state index contributed by atoms with van der Waals surface area (Å²) in [6, 6.07) is 13.0. The van der Waals surface area contributed by atoms with Gasteiger partial charge in [-0.25, -0.2) is 0 Å². The third-order valence-electron chi connectivity index (χ3n) is 3.15. The van der Waals surface area contributed by atoms with Crippen molar-refractivity contribution >= 4 is 23.2 Å². The van der Waals surface area contributed by atoms with Crippen molar-refractivity contribution in [3.63, 3.8) is 0 Å². The predicted molar refractivity (Wildman–Crippen MR) is 82.5 cm³/mol. The Morgan fingerprint density at radius 3 is 2.25 bits per heavy atom. The summed E-state index contributed by atoms with van der Waals surface area (Å²) in [7, 11) is 1.68. The van der Waals surface area contributed by atoms with E-state index >= 15 is 0 Å². The molecule has 0 saturated heterocycles. The lowest BCUT2D eigenvalue weighted by atomic mass is 10.00. The summed E-state index contributed by atoms with van der Waals surface area (Å²) in [6.45, 7) is 0.689. The van der Waals surface area contributed by atoms with Gasteiger partial charge in [-0.2, -0.15) is 0 Å². The first kappa shape index (κ1) is 15.3. The molecule has 1 N–H and O–H groups in total. The number of aliphatic hydroxyl groups excluding tert-OH is 1. The van der Waals surface area contributed by atoms with Crippen LogP contribution < -0.4 is 0 Å². The van der Waals surface area contributed by atoms with E-state index in [0.717, 1.165) is 17.5 Å².